The van der Waals surface area contributed by atoms with E-state index in [9.17, 15) is 4.79 Å². The number of benzene rings is 1. The van der Waals surface area contributed by atoms with Gasteiger partial charge in [-0.3, -0.25) is 4.79 Å². The van der Waals surface area contributed by atoms with Gasteiger partial charge in [-0.05, 0) is 43.5 Å². The molecule has 0 radical (unpaired) electrons. The molecule has 0 saturated carbocycles. The monoisotopic (exact) mass is 276 g/mol. The van der Waals surface area contributed by atoms with Crippen LogP contribution in [0.25, 0.3) is 0 Å². The highest BCUT2D eigenvalue weighted by molar-refractivity contribution is 5.84. The maximum atomic E-state index is 12.6. The molecular weight excluding hydrogens is 252 g/mol. The number of ether oxygens (including phenoxy) is 1. The molecule has 4 nitrogen and oxygen atoms in total. The van der Waals surface area contributed by atoms with Crippen LogP contribution in [-0.4, -0.2) is 44.1 Å². The standard InChI is InChI=1S/C16H24N2O2/c1-11-10-15(20-4)12(2)9-14(11)13(3)16(19)18-7-5-17-6-8-18/h9-10,13,17H,5-8H2,1-4H3. The minimum atomic E-state index is -0.0993. The fourth-order valence-corrected chi connectivity index (χ4v) is 2.79. The predicted molar refractivity (Wildman–Crippen MR) is 80.3 cm³/mol. The third kappa shape index (κ3) is 2.96. The number of piperazine rings is 1. The number of hydrogen-bond donors (Lipinski definition) is 1. The molecule has 0 aliphatic carbocycles. The van der Waals surface area contributed by atoms with Crippen LogP contribution in [0.2, 0.25) is 0 Å². The largest absolute Gasteiger partial charge is 0.496 e. The Morgan fingerprint density at radius 1 is 1.25 bits per heavy atom. The maximum absolute atomic E-state index is 12.6. The molecule has 2 rings (SSSR count). The molecule has 1 fully saturated rings. The smallest absolute Gasteiger partial charge is 0.229 e. The van der Waals surface area contributed by atoms with Crippen LogP contribution in [0, 0.1) is 13.8 Å². The van der Waals surface area contributed by atoms with Gasteiger partial charge in [0.25, 0.3) is 0 Å². The van der Waals surface area contributed by atoms with E-state index in [-0.39, 0.29) is 11.8 Å². The molecule has 1 N–H and O–H groups in total. The summed E-state index contributed by atoms with van der Waals surface area (Å²) in [4.78, 5) is 14.5. The number of amides is 1. The molecule has 20 heavy (non-hydrogen) atoms. The molecule has 110 valence electrons. The SMILES string of the molecule is COc1cc(C)c(C(C)C(=O)N2CCNCC2)cc1C. The Labute approximate surface area is 121 Å². The first-order valence-electron chi connectivity index (χ1n) is 7.19. The van der Waals surface area contributed by atoms with Gasteiger partial charge in [0, 0.05) is 26.2 Å². The lowest BCUT2D eigenvalue weighted by Gasteiger charge is -2.30. The summed E-state index contributed by atoms with van der Waals surface area (Å²) in [7, 11) is 1.68. The second-order valence-electron chi connectivity index (χ2n) is 5.48. The van der Waals surface area contributed by atoms with Crippen LogP contribution in [-0.2, 0) is 4.79 Å². The fraction of sp³-hybridized carbons (Fsp3) is 0.562. The summed E-state index contributed by atoms with van der Waals surface area (Å²) in [6, 6.07) is 4.10. The summed E-state index contributed by atoms with van der Waals surface area (Å²) in [5.41, 5.74) is 3.29. The van der Waals surface area contributed by atoms with Gasteiger partial charge in [0.2, 0.25) is 5.91 Å². The van der Waals surface area contributed by atoms with E-state index in [2.05, 4.69) is 11.4 Å². The van der Waals surface area contributed by atoms with Crippen molar-refractivity contribution >= 4 is 5.91 Å². The Kier molecular flexibility index (Phi) is 4.65. The third-order valence-electron chi connectivity index (χ3n) is 4.05. The second-order valence-corrected chi connectivity index (χ2v) is 5.48. The van der Waals surface area contributed by atoms with Crippen LogP contribution in [0.15, 0.2) is 12.1 Å². The number of nitrogens with zero attached hydrogens (tertiary/aromatic N) is 1. The zero-order valence-electron chi connectivity index (χ0n) is 12.8. The summed E-state index contributed by atoms with van der Waals surface area (Å²) >= 11 is 0. The maximum Gasteiger partial charge on any atom is 0.229 e. The quantitative estimate of drug-likeness (QED) is 0.916. The number of carbonyl (C=O) groups is 1. The van der Waals surface area contributed by atoms with Gasteiger partial charge >= 0.3 is 0 Å². The second kappa shape index (κ2) is 6.27. The summed E-state index contributed by atoms with van der Waals surface area (Å²) in [6.07, 6.45) is 0. The number of rotatable bonds is 3. The van der Waals surface area contributed by atoms with E-state index < -0.39 is 0 Å². The molecule has 1 unspecified atom stereocenters. The van der Waals surface area contributed by atoms with E-state index in [4.69, 9.17) is 4.74 Å². The van der Waals surface area contributed by atoms with E-state index >= 15 is 0 Å². The highest BCUT2D eigenvalue weighted by atomic mass is 16.5. The van der Waals surface area contributed by atoms with Crippen molar-refractivity contribution in [2.24, 2.45) is 0 Å². The number of nitrogens with one attached hydrogen (secondary N) is 1. The van der Waals surface area contributed by atoms with Gasteiger partial charge in [0.15, 0.2) is 0 Å². The van der Waals surface area contributed by atoms with Gasteiger partial charge in [-0.1, -0.05) is 6.07 Å². The summed E-state index contributed by atoms with van der Waals surface area (Å²) in [5.74, 6) is 1.00. The molecule has 1 atom stereocenters. The third-order valence-corrected chi connectivity index (χ3v) is 4.05. The predicted octanol–water partition coefficient (Wildman–Crippen LogP) is 1.85. The average molecular weight is 276 g/mol. The number of carbonyl (C=O) groups excluding carboxylic acids is 1. The summed E-state index contributed by atoms with van der Waals surface area (Å²) < 4.78 is 5.33. The number of aryl methyl sites for hydroxylation is 2. The molecule has 1 aliphatic rings. The highest BCUT2D eigenvalue weighted by Gasteiger charge is 2.24. The molecule has 0 bridgehead atoms. The van der Waals surface area contributed by atoms with Crippen LogP contribution < -0.4 is 10.1 Å². The molecular formula is C16H24N2O2. The van der Waals surface area contributed by atoms with Crippen molar-refractivity contribution < 1.29 is 9.53 Å². The molecule has 1 aromatic rings. The Balaban J connectivity index is 2.21. The van der Waals surface area contributed by atoms with Crippen LogP contribution in [0.4, 0.5) is 0 Å². The zero-order chi connectivity index (χ0) is 14.7. The minimum Gasteiger partial charge on any atom is -0.496 e. The van der Waals surface area contributed by atoms with E-state index in [1.54, 1.807) is 7.11 Å². The molecule has 1 saturated heterocycles. The Morgan fingerprint density at radius 2 is 1.90 bits per heavy atom. The molecule has 0 spiro atoms. The number of methoxy groups -OCH3 is 1. The van der Waals surface area contributed by atoms with Crippen molar-refractivity contribution in [3.63, 3.8) is 0 Å². The molecule has 1 aromatic carbocycles. The van der Waals surface area contributed by atoms with Crippen molar-refractivity contribution in [3.05, 3.63) is 28.8 Å². The van der Waals surface area contributed by atoms with Gasteiger partial charge in [0.1, 0.15) is 5.75 Å². The van der Waals surface area contributed by atoms with Crippen LogP contribution in [0.1, 0.15) is 29.5 Å². The first-order chi connectivity index (χ1) is 9.54. The van der Waals surface area contributed by atoms with Crippen molar-refractivity contribution in [2.75, 3.05) is 33.3 Å². The van der Waals surface area contributed by atoms with E-state index in [1.165, 1.54) is 0 Å². The lowest BCUT2D eigenvalue weighted by Crippen LogP contribution is -2.47. The van der Waals surface area contributed by atoms with Crippen molar-refractivity contribution in [3.8, 4) is 5.75 Å². The Morgan fingerprint density at radius 3 is 2.50 bits per heavy atom. The van der Waals surface area contributed by atoms with Crippen LogP contribution in [0.3, 0.4) is 0 Å². The van der Waals surface area contributed by atoms with Crippen LogP contribution >= 0.6 is 0 Å². The summed E-state index contributed by atoms with van der Waals surface area (Å²) in [6.45, 7) is 9.44. The highest BCUT2D eigenvalue weighted by Crippen LogP contribution is 2.28. The Hall–Kier alpha value is -1.55. The van der Waals surface area contributed by atoms with Gasteiger partial charge in [-0.15, -0.1) is 0 Å². The van der Waals surface area contributed by atoms with E-state index in [0.29, 0.717) is 0 Å². The van der Waals surface area contributed by atoms with E-state index in [0.717, 1.165) is 48.6 Å². The first-order valence-corrected chi connectivity index (χ1v) is 7.19. The molecule has 1 amide bonds. The van der Waals surface area contributed by atoms with Gasteiger partial charge in [-0.2, -0.15) is 0 Å². The van der Waals surface area contributed by atoms with Crippen molar-refractivity contribution in [1.82, 2.24) is 10.2 Å². The van der Waals surface area contributed by atoms with Crippen molar-refractivity contribution in [1.29, 1.82) is 0 Å². The lowest BCUT2D eigenvalue weighted by atomic mass is 9.93. The number of hydrogen-bond acceptors (Lipinski definition) is 3. The molecule has 1 heterocycles. The molecule has 4 heteroatoms. The van der Waals surface area contributed by atoms with Gasteiger partial charge in [-0.25, -0.2) is 0 Å². The molecule has 0 aromatic heterocycles. The Bertz CT molecular complexity index is 493. The van der Waals surface area contributed by atoms with Crippen molar-refractivity contribution in [2.45, 2.75) is 26.7 Å². The first kappa shape index (κ1) is 14.9. The summed E-state index contributed by atoms with van der Waals surface area (Å²) in [5, 5.41) is 3.27. The fourth-order valence-electron chi connectivity index (χ4n) is 2.79. The van der Waals surface area contributed by atoms with Gasteiger partial charge in [0.05, 0.1) is 13.0 Å². The average Bonchev–Trinajstić information content (AvgIpc) is 2.48. The lowest BCUT2D eigenvalue weighted by molar-refractivity contribution is -0.133. The van der Waals surface area contributed by atoms with E-state index in [1.807, 2.05) is 31.7 Å². The van der Waals surface area contributed by atoms with Gasteiger partial charge < -0.3 is 15.0 Å². The van der Waals surface area contributed by atoms with Crippen LogP contribution in [0.5, 0.6) is 5.75 Å². The topological polar surface area (TPSA) is 41.6 Å². The normalized spacial score (nSPS) is 16.9. The zero-order valence-corrected chi connectivity index (χ0v) is 12.8. The molecule has 1 aliphatic heterocycles. The minimum absolute atomic E-state index is 0.0993.